The minimum atomic E-state index is -0.0307. The highest BCUT2D eigenvalue weighted by atomic mass is 16.3. The van der Waals surface area contributed by atoms with E-state index in [1.807, 2.05) is 19.2 Å². The predicted molar refractivity (Wildman–Crippen MR) is 73.5 cm³/mol. The molecule has 0 aromatic carbocycles. The van der Waals surface area contributed by atoms with Crippen LogP contribution in [0.2, 0.25) is 0 Å². The molecule has 4 nitrogen and oxygen atoms in total. The zero-order valence-corrected chi connectivity index (χ0v) is 11.0. The third-order valence-electron chi connectivity index (χ3n) is 3.66. The molecule has 0 aliphatic carbocycles. The summed E-state index contributed by atoms with van der Waals surface area (Å²) < 4.78 is 0. The molecule has 2 atom stereocenters. The number of anilines is 1. The molecule has 0 radical (unpaired) electrons. The van der Waals surface area contributed by atoms with E-state index >= 15 is 0 Å². The van der Waals surface area contributed by atoms with Crippen molar-refractivity contribution in [1.82, 2.24) is 4.98 Å². The molecule has 2 rings (SSSR count). The van der Waals surface area contributed by atoms with E-state index in [0.29, 0.717) is 0 Å². The summed E-state index contributed by atoms with van der Waals surface area (Å²) in [6, 6.07) is 4.26. The summed E-state index contributed by atoms with van der Waals surface area (Å²) in [4.78, 5) is 6.69. The van der Waals surface area contributed by atoms with Crippen molar-refractivity contribution >= 4 is 5.69 Å². The Hall–Kier alpha value is -1.13. The zero-order chi connectivity index (χ0) is 13.0. The summed E-state index contributed by atoms with van der Waals surface area (Å²) in [5.74, 6) is 0. The third-order valence-corrected chi connectivity index (χ3v) is 3.66. The van der Waals surface area contributed by atoms with Gasteiger partial charge < -0.3 is 15.7 Å². The van der Waals surface area contributed by atoms with Gasteiger partial charge in [0.05, 0.1) is 30.2 Å². The van der Waals surface area contributed by atoms with Crippen molar-refractivity contribution in [3.63, 3.8) is 0 Å². The van der Waals surface area contributed by atoms with Crippen LogP contribution in [0.1, 0.15) is 44.3 Å². The van der Waals surface area contributed by atoms with Gasteiger partial charge in [-0.3, -0.25) is 4.98 Å². The Morgan fingerprint density at radius 1 is 1.44 bits per heavy atom. The van der Waals surface area contributed by atoms with Gasteiger partial charge in [-0.2, -0.15) is 0 Å². The number of rotatable bonds is 3. The largest absolute Gasteiger partial charge is 0.394 e. The lowest BCUT2D eigenvalue weighted by atomic mass is 10.1. The molecule has 1 aliphatic rings. The van der Waals surface area contributed by atoms with Crippen LogP contribution in [0.3, 0.4) is 0 Å². The Bertz CT molecular complexity index is 364. The van der Waals surface area contributed by atoms with E-state index in [2.05, 4.69) is 16.0 Å². The van der Waals surface area contributed by atoms with Crippen LogP contribution in [-0.4, -0.2) is 29.3 Å². The lowest BCUT2D eigenvalue weighted by molar-refractivity contribution is 0.255. The average Bonchev–Trinajstić information content (AvgIpc) is 2.63. The molecule has 0 saturated carbocycles. The van der Waals surface area contributed by atoms with Gasteiger partial charge in [0.15, 0.2) is 0 Å². The van der Waals surface area contributed by atoms with Crippen LogP contribution < -0.4 is 10.6 Å². The Balaban J connectivity index is 2.16. The van der Waals surface area contributed by atoms with Crippen molar-refractivity contribution in [1.29, 1.82) is 0 Å². The number of aromatic nitrogens is 1. The lowest BCUT2D eigenvalue weighted by Crippen LogP contribution is -2.37. The minimum absolute atomic E-state index is 0.0307. The highest BCUT2D eigenvalue weighted by Crippen LogP contribution is 2.24. The molecule has 1 aliphatic heterocycles. The Labute approximate surface area is 109 Å². The van der Waals surface area contributed by atoms with E-state index in [4.69, 9.17) is 5.73 Å². The van der Waals surface area contributed by atoms with Gasteiger partial charge in [0, 0.05) is 12.6 Å². The third kappa shape index (κ3) is 3.00. The summed E-state index contributed by atoms with van der Waals surface area (Å²) >= 11 is 0. The van der Waals surface area contributed by atoms with Gasteiger partial charge >= 0.3 is 0 Å². The molecule has 4 heteroatoms. The zero-order valence-electron chi connectivity index (χ0n) is 11.0. The second-order valence-corrected chi connectivity index (χ2v) is 5.11. The van der Waals surface area contributed by atoms with E-state index in [0.717, 1.165) is 24.3 Å². The summed E-state index contributed by atoms with van der Waals surface area (Å²) in [6.45, 7) is 3.16. The maximum Gasteiger partial charge on any atom is 0.0635 e. The summed E-state index contributed by atoms with van der Waals surface area (Å²) in [5.41, 5.74) is 7.81. The maximum atomic E-state index is 9.51. The monoisotopic (exact) mass is 249 g/mol. The van der Waals surface area contributed by atoms with Gasteiger partial charge in [-0.25, -0.2) is 0 Å². The van der Waals surface area contributed by atoms with Gasteiger partial charge in [-0.1, -0.05) is 12.8 Å². The molecule has 100 valence electrons. The first-order valence-electron chi connectivity index (χ1n) is 6.81. The molecule has 0 spiro atoms. The summed E-state index contributed by atoms with van der Waals surface area (Å²) in [6.07, 6.45) is 6.58. The van der Waals surface area contributed by atoms with Crippen molar-refractivity contribution in [2.45, 2.75) is 44.7 Å². The Morgan fingerprint density at radius 2 is 2.28 bits per heavy atom. The Kier molecular flexibility index (Phi) is 4.55. The highest BCUT2D eigenvalue weighted by molar-refractivity contribution is 5.46. The SMILES string of the molecule is C[C@H](N)c1ccc(N2CCCCCC2CO)cn1. The van der Waals surface area contributed by atoms with E-state index in [9.17, 15) is 5.11 Å². The van der Waals surface area contributed by atoms with Crippen LogP contribution in [0.5, 0.6) is 0 Å². The number of hydrogen-bond donors (Lipinski definition) is 2. The first kappa shape index (κ1) is 13.3. The molecular weight excluding hydrogens is 226 g/mol. The fourth-order valence-corrected chi connectivity index (χ4v) is 2.54. The van der Waals surface area contributed by atoms with Crippen LogP contribution in [-0.2, 0) is 0 Å². The standard InChI is InChI=1S/C14H23N3O/c1-11(15)14-7-6-12(9-16-14)17-8-4-2-3-5-13(17)10-18/h6-7,9,11,13,18H,2-5,8,10,15H2,1H3/t11-,13?/m0/s1. The molecule has 1 saturated heterocycles. The van der Waals surface area contributed by atoms with Crippen LogP contribution in [0.4, 0.5) is 5.69 Å². The highest BCUT2D eigenvalue weighted by Gasteiger charge is 2.20. The van der Waals surface area contributed by atoms with Crippen LogP contribution in [0, 0.1) is 0 Å². The summed E-state index contributed by atoms with van der Waals surface area (Å²) in [7, 11) is 0. The van der Waals surface area contributed by atoms with Crippen molar-refractivity contribution in [2.24, 2.45) is 5.73 Å². The van der Waals surface area contributed by atoms with Gasteiger partial charge in [0.2, 0.25) is 0 Å². The van der Waals surface area contributed by atoms with Gasteiger partial charge in [-0.15, -0.1) is 0 Å². The number of pyridine rings is 1. The van der Waals surface area contributed by atoms with Crippen LogP contribution in [0.25, 0.3) is 0 Å². The molecular formula is C14H23N3O. The second kappa shape index (κ2) is 6.16. The number of nitrogens with zero attached hydrogens (tertiary/aromatic N) is 2. The molecule has 2 heterocycles. The van der Waals surface area contributed by atoms with E-state index in [1.54, 1.807) is 0 Å². The lowest BCUT2D eigenvalue weighted by Gasteiger charge is -2.30. The van der Waals surface area contributed by atoms with Crippen molar-refractivity contribution in [2.75, 3.05) is 18.1 Å². The van der Waals surface area contributed by atoms with Crippen molar-refractivity contribution < 1.29 is 5.11 Å². The van der Waals surface area contributed by atoms with Crippen molar-refractivity contribution in [3.8, 4) is 0 Å². The predicted octanol–water partition coefficient (Wildman–Crippen LogP) is 1.84. The fourth-order valence-electron chi connectivity index (χ4n) is 2.54. The quantitative estimate of drug-likeness (QED) is 0.858. The molecule has 1 aromatic heterocycles. The van der Waals surface area contributed by atoms with Crippen LogP contribution >= 0.6 is 0 Å². The molecule has 0 amide bonds. The molecule has 1 fully saturated rings. The van der Waals surface area contributed by atoms with E-state index in [1.165, 1.54) is 19.3 Å². The number of aliphatic hydroxyl groups is 1. The first-order valence-corrected chi connectivity index (χ1v) is 6.81. The van der Waals surface area contributed by atoms with E-state index in [-0.39, 0.29) is 18.7 Å². The van der Waals surface area contributed by atoms with Gasteiger partial charge in [0.25, 0.3) is 0 Å². The number of nitrogens with two attached hydrogens (primary N) is 1. The molecule has 1 unspecified atom stereocenters. The smallest absolute Gasteiger partial charge is 0.0635 e. The first-order chi connectivity index (χ1) is 8.72. The Morgan fingerprint density at radius 3 is 2.89 bits per heavy atom. The number of aliphatic hydroxyl groups excluding tert-OH is 1. The summed E-state index contributed by atoms with van der Waals surface area (Å²) in [5, 5.41) is 9.51. The molecule has 3 N–H and O–H groups in total. The molecule has 1 aromatic rings. The fraction of sp³-hybridized carbons (Fsp3) is 0.643. The van der Waals surface area contributed by atoms with E-state index < -0.39 is 0 Å². The minimum Gasteiger partial charge on any atom is -0.394 e. The maximum absolute atomic E-state index is 9.51. The van der Waals surface area contributed by atoms with Crippen LogP contribution in [0.15, 0.2) is 18.3 Å². The van der Waals surface area contributed by atoms with Gasteiger partial charge in [0.1, 0.15) is 0 Å². The normalized spacial score (nSPS) is 22.6. The molecule has 0 bridgehead atoms. The second-order valence-electron chi connectivity index (χ2n) is 5.11. The van der Waals surface area contributed by atoms with Gasteiger partial charge in [-0.05, 0) is 31.9 Å². The average molecular weight is 249 g/mol. The van der Waals surface area contributed by atoms with Crippen molar-refractivity contribution in [3.05, 3.63) is 24.0 Å². The molecule has 18 heavy (non-hydrogen) atoms. The topological polar surface area (TPSA) is 62.4 Å². The number of hydrogen-bond acceptors (Lipinski definition) is 4.